The van der Waals surface area contributed by atoms with Crippen molar-refractivity contribution in [2.45, 2.75) is 70.4 Å². The number of nitrogens with one attached hydrogen (secondary N) is 1. The van der Waals surface area contributed by atoms with E-state index in [-0.39, 0.29) is 17.4 Å². The lowest BCUT2D eigenvalue weighted by atomic mass is 9.85. The summed E-state index contributed by atoms with van der Waals surface area (Å²) in [6.45, 7) is 7.25. The van der Waals surface area contributed by atoms with Gasteiger partial charge in [-0.15, -0.1) is 0 Å². The molecule has 116 valence electrons. The first-order valence-corrected chi connectivity index (χ1v) is 8.32. The number of rotatable bonds is 7. The molecule has 0 unspecified atom stereocenters. The van der Waals surface area contributed by atoms with Gasteiger partial charge in [-0.3, -0.25) is 4.79 Å². The first-order chi connectivity index (χ1) is 9.60. The molecule has 0 bridgehead atoms. The van der Waals surface area contributed by atoms with Crippen LogP contribution in [0.1, 0.15) is 58.8 Å². The number of carbonyl (C=O) groups excluding carboxylic acids is 1. The first kappa shape index (κ1) is 15.8. The van der Waals surface area contributed by atoms with Gasteiger partial charge in [-0.25, -0.2) is 0 Å². The molecule has 4 nitrogen and oxygen atoms in total. The second-order valence-electron chi connectivity index (χ2n) is 6.57. The van der Waals surface area contributed by atoms with E-state index < -0.39 is 6.10 Å². The molecule has 2 saturated carbocycles. The highest BCUT2D eigenvalue weighted by Crippen LogP contribution is 2.37. The normalized spacial score (nSPS) is 23.6. The van der Waals surface area contributed by atoms with Gasteiger partial charge in [0.25, 0.3) is 0 Å². The van der Waals surface area contributed by atoms with Crippen LogP contribution in [-0.2, 0) is 4.79 Å². The molecule has 20 heavy (non-hydrogen) atoms. The highest BCUT2D eigenvalue weighted by atomic mass is 16.3. The SMILES string of the molecule is CCN(CC)CC1(NC(=O)[C@H](O)C2CCCCC2)CC1. The molecule has 2 aliphatic carbocycles. The van der Waals surface area contributed by atoms with Crippen LogP contribution in [0.5, 0.6) is 0 Å². The lowest BCUT2D eigenvalue weighted by Crippen LogP contribution is -2.50. The molecule has 0 saturated heterocycles. The summed E-state index contributed by atoms with van der Waals surface area (Å²) in [6, 6.07) is 0. The van der Waals surface area contributed by atoms with Crippen LogP contribution in [0.15, 0.2) is 0 Å². The third-order valence-electron chi connectivity index (χ3n) is 5.03. The Morgan fingerprint density at radius 1 is 1.25 bits per heavy atom. The molecule has 1 atom stereocenters. The van der Waals surface area contributed by atoms with Gasteiger partial charge in [-0.2, -0.15) is 0 Å². The van der Waals surface area contributed by atoms with Gasteiger partial charge in [0.2, 0.25) is 5.91 Å². The zero-order chi connectivity index (χ0) is 14.6. The molecule has 0 aliphatic heterocycles. The third-order valence-corrected chi connectivity index (χ3v) is 5.03. The second-order valence-corrected chi connectivity index (χ2v) is 6.57. The zero-order valence-corrected chi connectivity index (χ0v) is 13.0. The van der Waals surface area contributed by atoms with Crippen molar-refractivity contribution in [2.24, 2.45) is 5.92 Å². The summed E-state index contributed by atoms with van der Waals surface area (Å²) in [5.41, 5.74) is -0.0568. The van der Waals surface area contributed by atoms with E-state index in [1.807, 2.05) is 0 Å². The Morgan fingerprint density at radius 3 is 2.35 bits per heavy atom. The lowest BCUT2D eigenvalue weighted by molar-refractivity contribution is -0.133. The number of nitrogens with zero attached hydrogens (tertiary/aromatic N) is 1. The summed E-state index contributed by atoms with van der Waals surface area (Å²) in [5, 5.41) is 13.4. The molecule has 0 aromatic heterocycles. The summed E-state index contributed by atoms with van der Waals surface area (Å²) in [4.78, 5) is 14.6. The highest BCUT2D eigenvalue weighted by Gasteiger charge is 2.46. The summed E-state index contributed by atoms with van der Waals surface area (Å²) < 4.78 is 0. The maximum atomic E-state index is 12.3. The van der Waals surface area contributed by atoms with E-state index in [0.29, 0.717) is 0 Å². The van der Waals surface area contributed by atoms with Crippen LogP contribution in [0.3, 0.4) is 0 Å². The lowest BCUT2D eigenvalue weighted by Gasteiger charge is -2.30. The van der Waals surface area contributed by atoms with E-state index in [0.717, 1.165) is 58.2 Å². The Kier molecular flexibility index (Phi) is 5.44. The van der Waals surface area contributed by atoms with Crippen molar-refractivity contribution >= 4 is 5.91 Å². The fourth-order valence-corrected chi connectivity index (χ4v) is 3.35. The fourth-order valence-electron chi connectivity index (χ4n) is 3.35. The molecule has 0 spiro atoms. The molecule has 2 aliphatic rings. The van der Waals surface area contributed by atoms with E-state index in [2.05, 4.69) is 24.1 Å². The maximum absolute atomic E-state index is 12.3. The molecule has 0 radical (unpaired) electrons. The smallest absolute Gasteiger partial charge is 0.249 e. The maximum Gasteiger partial charge on any atom is 0.249 e. The van der Waals surface area contributed by atoms with Crippen molar-refractivity contribution in [1.82, 2.24) is 10.2 Å². The number of hydrogen-bond acceptors (Lipinski definition) is 3. The van der Waals surface area contributed by atoms with Crippen LogP contribution in [0, 0.1) is 5.92 Å². The average Bonchev–Trinajstić information content (AvgIpc) is 3.24. The highest BCUT2D eigenvalue weighted by molar-refractivity contribution is 5.82. The van der Waals surface area contributed by atoms with Crippen molar-refractivity contribution in [3.63, 3.8) is 0 Å². The number of hydrogen-bond donors (Lipinski definition) is 2. The van der Waals surface area contributed by atoms with Gasteiger partial charge in [-0.05, 0) is 44.7 Å². The fraction of sp³-hybridized carbons (Fsp3) is 0.938. The standard InChI is InChI=1S/C16H30N2O2/c1-3-18(4-2)12-16(10-11-16)17-15(20)14(19)13-8-6-5-7-9-13/h13-14,19H,3-12H2,1-2H3,(H,17,20)/t14-/m1/s1. The molecule has 0 aromatic carbocycles. The molecule has 1 amide bonds. The van der Waals surface area contributed by atoms with Crippen LogP contribution < -0.4 is 5.32 Å². The average molecular weight is 282 g/mol. The quantitative estimate of drug-likeness (QED) is 0.750. The van der Waals surface area contributed by atoms with E-state index in [1.54, 1.807) is 0 Å². The monoisotopic (exact) mass is 282 g/mol. The number of likely N-dealkylation sites (N-methyl/N-ethyl adjacent to an activating group) is 1. The van der Waals surface area contributed by atoms with Crippen LogP contribution in [0.25, 0.3) is 0 Å². The van der Waals surface area contributed by atoms with Crippen LogP contribution >= 0.6 is 0 Å². The topological polar surface area (TPSA) is 52.6 Å². The van der Waals surface area contributed by atoms with E-state index in [9.17, 15) is 9.90 Å². The minimum absolute atomic E-state index is 0.0568. The number of amides is 1. The van der Waals surface area contributed by atoms with Gasteiger partial charge in [0.1, 0.15) is 6.10 Å². The van der Waals surface area contributed by atoms with Gasteiger partial charge < -0.3 is 15.3 Å². The number of carbonyl (C=O) groups is 1. The van der Waals surface area contributed by atoms with Crippen molar-refractivity contribution in [2.75, 3.05) is 19.6 Å². The van der Waals surface area contributed by atoms with Crippen molar-refractivity contribution in [1.29, 1.82) is 0 Å². The van der Waals surface area contributed by atoms with Gasteiger partial charge in [0, 0.05) is 6.54 Å². The van der Waals surface area contributed by atoms with Crippen molar-refractivity contribution < 1.29 is 9.90 Å². The van der Waals surface area contributed by atoms with Crippen LogP contribution in [0.2, 0.25) is 0 Å². The molecule has 2 N–H and O–H groups in total. The summed E-state index contributed by atoms with van der Waals surface area (Å²) in [5.74, 6) is 0.0366. The predicted octanol–water partition coefficient (Wildman–Crippen LogP) is 1.92. The summed E-state index contributed by atoms with van der Waals surface area (Å²) in [7, 11) is 0. The van der Waals surface area contributed by atoms with Gasteiger partial charge >= 0.3 is 0 Å². The Hall–Kier alpha value is -0.610. The van der Waals surface area contributed by atoms with E-state index >= 15 is 0 Å². The molecule has 2 rings (SSSR count). The molecule has 0 heterocycles. The Labute approximate surface area is 122 Å². The minimum atomic E-state index is -0.801. The summed E-state index contributed by atoms with van der Waals surface area (Å²) >= 11 is 0. The Bertz CT molecular complexity index is 318. The van der Waals surface area contributed by atoms with Gasteiger partial charge in [0.05, 0.1) is 5.54 Å². The van der Waals surface area contributed by atoms with Gasteiger partial charge in [-0.1, -0.05) is 33.1 Å². The van der Waals surface area contributed by atoms with Gasteiger partial charge in [0.15, 0.2) is 0 Å². The minimum Gasteiger partial charge on any atom is -0.383 e. The first-order valence-electron chi connectivity index (χ1n) is 8.32. The zero-order valence-electron chi connectivity index (χ0n) is 13.0. The Balaban J connectivity index is 1.83. The van der Waals surface area contributed by atoms with E-state index in [4.69, 9.17) is 0 Å². The molecule has 0 aromatic rings. The number of aliphatic hydroxyl groups excluding tert-OH is 1. The third kappa shape index (κ3) is 3.95. The summed E-state index contributed by atoms with van der Waals surface area (Å²) in [6.07, 6.45) is 6.84. The van der Waals surface area contributed by atoms with Crippen molar-refractivity contribution in [3.05, 3.63) is 0 Å². The molecule has 4 heteroatoms. The van der Waals surface area contributed by atoms with Crippen LogP contribution in [0.4, 0.5) is 0 Å². The molecular formula is C16H30N2O2. The Morgan fingerprint density at radius 2 is 1.85 bits per heavy atom. The predicted molar refractivity (Wildman–Crippen MR) is 80.5 cm³/mol. The van der Waals surface area contributed by atoms with Crippen molar-refractivity contribution in [3.8, 4) is 0 Å². The number of aliphatic hydroxyl groups is 1. The molecule has 2 fully saturated rings. The van der Waals surface area contributed by atoms with Crippen LogP contribution in [-0.4, -0.2) is 47.2 Å². The second kappa shape index (κ2) is 6.90. The largest absolute Gasteiger partial charge is 0.383 e. The van der Waals surface area contributed by atoms with E-state index in [1.165, 1.54) is 6.42 Å². The molecular weight excluding hydrogens is 252 g/mol.